The number of aromatic nitrogens is 1. The highest BCUT2D eigenvalue weighted by Gasteiger charge is 2.25. The van der Waals surface area contributed by atoms with Crippen LogP contribution in [-0.2, 0) is 5.88 Å². The zero-order valence-corrected chi connectivity index (χ0v) is 11.3. The lowest BCUT2D eigenvalue weighted by atomic mass is 9.82. The van der Waals surface area contributed by atoms with Crippen LogP contribution in [-0.4, -0.2) is 11.1 Å². The summed E-state index contributed by atoms with van der Waals surface area (Å²) in [7, 11) is 0. The normalized spacial score (nSPS) is 29.0. The van der Waals surface area contributed by atoms with Crippen LogP contribution in [0, 0.1) is 11.8 Å². The Balaban J connectivity index is 2.04. The van der Waals surface area contributed by atoms with Crippen molar-refractivity contribution in [3.8, 4) is 5.88 Å². The van der Waals surface area contributed by atoms with Crippen LogP contribution < -0.4 is 4.74 Å². The fraction of sp³-hybridized carbons (Fsp3) is 0.643. The third kappa shape index (κ3) is 3.35. The summed E-state index contributed by atoms with van der Waals surface area (Å²) in [6.45, 7) is 4.60. The number of nitrogens with zero attached hydrogens (tertiary/aromatic N) is 1. The highest BCUT2D eigenvalue weighted by Crippen LogP contribution is 2.31. The molecule has 1 heterocycles. The molecule has 0 amide bonds. The second kappa shape index (κ2) is 5.72. The highest BCUT2D eigenvalue weighted by molar-refractivity contribution is 6.17. The molecule has 3 heteroatoms. The number of pyridine rings is 1. The van der Waals surface area contributed by atoms with Crippen LogP contribution in [0.1, 0.15) is 38.7 Å². The first-order valence-electron chi connectivity index (χ1n) is 6.35. The Morgan fingerprint density at radius 1 is 1.29 bits per heavy atom. The largest absolute Gasteiger partial charge is 0.474 e. The zero-order valence-electron chi connectivity index (χ0n) is 10.5. The monoisotopic (exact) mass is 253 g/mol. The van der Waals surface area contributed by atoms with E-state index in [1.165, 1.54) is 6.42 Å². The van der Waals surface area contributed by atoms with Gasteiger partial charge in [-0.05, 0) is 37.2 Å². The van der Waals surface area contributed by atoms with E-state index in [0.29, 0.717) is 17.9 Å². The van der Waals surface area contributed by atoms with E-state index in [9.17, 15) is 0 Å². The predicted molar refractivity (Wildman–Crippen MR) is 70.4 cm³/mol. The molecule has 0 aliphatic heterocycles. The molecule has 1 aromatic rings. The van der Waals surface area contributed by atoms with Crippen molar-refractivity contribution in [2.75, 3.05) is 0 Å². The number of alkyl halides is 1. The van der Waals surface area contributed by atoms with Crippen molar-refractivity contribution >= 4 is 11.6 Å². The van der Waals surface area contributed by atoms with Crippen LogP contribution in [0.3, 0.4) is 0 Å². The Morgan fingerprint density at radius 3 is 2.65 bits per heavy atom. The summed E-state index contributed by atoms with van der Waals surface area (Å²) in [6, 6.07) is 3.88. The molecule has 0 N–H and O–H groups in total. The molecule has 1 fully saturated rings. The molecule has 94 valence electrons. The first-order chi connectivity index (χ1) is 8.19. The van der Waals surface area contributed by atoms with Gasteiger partial charge in [0.2, 0.25) is 5.88 Å². The lowest BCUT2D eigenvalue weighted by Crippen LogP contribution is -2.29. The molecule has 2 rings (SSSR count). The average molecular weight is 254 g/mol. The van der Waals surface area contributed by atoms with Crippen LogP contribution in [0.15, 0.2) is 18.3 Å². The van der Waals surface area contributed by atoms with Crippen molar-refractivity contribution in [3.63, 3.8) is 0 Å². The van der Waals surface area contributed by atoms with Crippen molar-refractivity contribution in [2.24, 2.45) is 11.8 Å². The number of rotatable bonds is 3. The van der Waals surface area contributed by atoms with E-state index in [-0.39, 0.29) is 0 Å². The molecule has 1 aliphatic carbocycles. The molecule has 2 atom stereocenters. The summed E-state index contributed by atoms with van der Waals surface area (Å²) >= 11 is 5.89. The van der Waals surface area contributed by atoms with E-state index in [4.69, 9.17) is 16.3 Å². The number of hydrogen-bond donors (Lipinski definition) is 0. The summed E-state index contributed by atoms with van der Waals surface area (Å²) in [5.41, 5.74) is 0.986. The highest BCUT2D eigenvalue weighted by atomic mass is 35.5. The van der Waals surface area contributed by atoms with E-state index in [0.717, 1.165) is 30.2 Å². The Kier molecular flexibility index (Phi) is 4.27. The van der Waals surface area contributed by atoms with Gasteiger partial charge in [-0.15, -0.1) is 11.6 Å². The van der Waals surface area contributed by atoms with Crippen LogP contribution in [0.25, 0.3) is 0 Å². The molecule has 2 unspecified atom stereocenters. The molecule has 1 aromatic heterocycles. The second-order valence-electron chi connectivity index (χ2n) is 5.26. The minimum atomic E-state index is 0.297. The Bertz CT molecular complexity index is 359. The van der Waals surface area contributed by atoms with Gasteiger partial charge in [0, 0.05) is 11.8 Å². The fourth-order valence-electron chi connectivity index (χ4n) is 2.76. The Labute approximate surface area is 108 Å². The molecule has 0 bridgehead atoms. The molecule has 0 radical (unpaired) electrons. The quantitative estimate of drug-likeness (QED) is 0.759. The summed E-state index contributed by atoms with van der Waals surface area (Å²) < 4.78 is 6.02. The maximum atomic E-state index is 6.02. The standard InChI is InChI=1S/C14H20ClNO/c1-10-6-11(2)8-13(7-10)17-14-12(9-15)4-3-5-16-14/h3-5,10-11,13H,6-9H2,1-2H3. The van der Waals surface area contributed by atoms with Crippen LogP contribution in [0.4, 0.5) is 0 Å². The third-order valence-electron chi connectivity index (χ3n) is 3.41. The maximum Gasteiger partial charge on any atom is 0.218 e. The molecule has 17 heavy (non-hydrogen) atoms. The van der Waals surface area contributed by atoms with Gasteiger partial charge < -0.3 is 4.74 Å². The minimum Gasteiger partial charge on any atom is -0.474 e. The average Bonchev–Trinajstić information content (AvgIpc) is 2.28. The van der Waals surface area contributed by atoms with Gasteiger partial charge in [0.05, 0.1) is 5.88 Å². The molecule has 0 spiro atoms. The van der Waals surface area contributed by atoms with E-state index in [1.54, 1.807) is 6.20 Å². The molecular weight excluding hydrogens is 234 g/mol. The van der Waals surface area contributed by atoms with E-state index in [2.05, 4.69) is 18.8 Å². The molecule has 0 saturated heterocycles. The Morgan fingerprint density at radius 2 is 2.00 bits per heavy atom. The summed E-state index contributed by atoms with van der Waals surface area (Å²) in [5.74, 6) is 2.66. The molecule has 2 nitrogen and oxygen atoms in total. The van der Waals surface area contributed by atoms with Gasteiger partial charge in [0.1, 0.15) is 6.10 Å². The van der Waals surface area contributed by atoms with Crippen molar-refractivity contribution in [3.05, 3.63) is 23.9 Å². The van der Waals surface area contributed by atoms with Gasteiger partial charge in [-0.3, -0.25) is 0 Å². The van der Waals surface area contributed by atoms with Crippen molar-refractivity contribution in [1.82, 2.24) is 4.98 Å². The topological polar surface area (TPSA) is 22.1 Å². The molecular formula is C14H20ClNO. The van der Waals surface area contributed by atoms with Gasteiger partial charge in [-0.1, -0.05) is 19.9 Å². The molecule has 1 saturated carbocycles. The van der Waals surface area contributed by atoms with Gasteiger partial charge in [0.25, 0.3) is 0 Å². The van der Waals surface area contributed by atoms with Crippen LogP contribution >= 0.6 is 11.6 Å². The van der Waals surface area contributed by atoms with Gasteiger partial charge in [-0.2, -0.15) is 0 Å². The first-order valence-corrected chi connectivity index (χ1v) is 6.89. The lowest BCUT2D eigenvalue weighted by molar-refractivity contribution is 0.0959. The van der Waals surface area contributed by atoms with Gasteiger partial charge in [-0.25, -0.2) is 4.98 Å². The third-order valence-corrected chi connectivity index (χ3v) is 3.70. The SMILES string of the molecule is CC1CC(C)CC(Oc2ncccc2CCl)C1. The first kappa shape index (κ1) is 12.7. The summed E-state index contributed by atoms with van der Waals surface area (Å²) in [4.78, 5) is 4.29. The summed E-state index contributed by atoms with van der Waals surface area (Å²) in [5, 5.41) is 0. The number of halogens is 1. The van der Waals surface area contributed by atoms with Crippen molar-refractivity contribution in [2.45, 2.75) is 45.1 Å². The van der Waals surface area contributed by atoms with E-state index < -0.39 is 0 Å². The molecule has 1 aliphatic rings. The number of ether oxygens (including phenoxy) is 1. The van der Waals surface area contributed by atoms with Crippen LogP contribution in [0.5, 0.6) is 5.88 Å². The maximum absolute atomic E-state index is 6.02. The molecule has 0 aromatic carbocycles. The zero-order chi connectivity index (χ0) is 12.3. The predicted octanol–water partition coefficient (Wildman–Crippen LogP) is 4.02. The summed E-state index contributed by atoms with van der Waals surface area (Å²) in [6.07, 6.45) is 5.63. The lowest BCUT2D eigenvalue weighted by Gasteiger charge is -2.31. The Hall–Kier alpha value is -0.760. The van der Waals surface area contributed by atoms with Crippen molar-refractivity contribution < 1.29 is 4.74 Å². The van der Waals surface area contributed by atoms with E-state index in [1.807, 2.05) is 12.1 Å². The van der Waals surface area contributed by atoms with Gasteiger partial charge in [0.15, 0.2) is 0 Å². The van der Waals surface area contributed by atoms with E-state index >= 15 is 0 Å². The smallest absolute Gasteiger partial charge is 0.218 e. The van der Waals surface area contributed by atoms with Crippen LogP contribution in [0.2, 0.25) is 0 Å². The minimum absolute atomic E-state index is 0.297. The van der Waals surface area contributed by atoms with Gasteiger partial charge >= 0.3 is 0 Å². The fourth-order valence-corrected chi connectivity index (χ4v) is 2.96. The van der Waals surface area contributed by atoms with Crippen molar-refractivity contribution in [1.29, 1.82) is 0 Å². The second-order valence-corrected chi connectivity index (χ2v) is 5.53. The number of hydrogen-bond acceptors (Lipinski definition) is 2.